The van der Waals surface area contributed by atoms with Crippen molar-refractivity contribution in [3.8, 4) is 5.75 Å². The molecule has 1 aliphatic carbocycles. The molecule has 2 rings (SSSR count). The fraction of sp³-hybridized carbons (Fsp3) is 0.556. The highest BCUT2D eigenvalue weighted by molar-refractivity contribution is 5.50. The minimum absolute atomic E-state index is 0.0547. The van der Waals surface area contributed by atoms with Crippen molar-refractivity contribution in [1.29, 1.82) is 0 Å². The van der Waals surface area contributed by atoms with Gasteiger partial charge in [0.1, 0.15) is 5.75 Å². The Morgan fingerprint density at radius 1 is 1.10 bits per heavy atom. The quantitative estimate of drug-likeness (QED) is 0.658. The molecule has 1 aliphatic rings. The molecule has 0 unspecified atom stereocenters. The number of alkyl halides is 2. The first-order valence-corrected chi connectivity index (χ1v) is 7.46. The van der Waals surface area contributed by atoms with Crippen molar-refractivity contribution in [3.63, 3.8) is 0 Å². The van der Waals surface area contributed by atoms with E-state index < -0.39 is 6.61 Å². The van der Waals surface area contributed by atoms with Crippen LogP contribution in [0.1, 0.15) is 45.2 Å². The summed E-state index contributed by atoms with van der Waals surface area (Å²) in [6, 6.07) is 5.53. The average Bonchev–Trinajstić information content (AvgIpc) is 2.82. The highest BCUT2D eigenvalue weighted by Crippen LogP contribution is 2.52. The van der Waals surface area contributed by atoms with E-state index in [0.717, 1.165) is 18.4 Å². The smallest absolute Gasteiger partial charge is 0.387 e. The van der Waals surface area contributed by atoms with Crippen molar-refractivity contribution < 1.29 is 13.5 Å². The molecular weight excluding hydrogens is 270 g/mol. The SMILES string of the molecule is C=C.CC(C)C1(C(C)C)CCc2cccc(OC(F)F)c21. The number of aryl methyl sites for hydroxylation is 1. The van der Waals surface area contributed by atoms with E-state index >= 15 is 0 Å². The standard InChI is InChI=1S/C16H22F2O.C2H4/c1-10(2)16(11(3)4)9-8-12-6-5-7-13(14(12)16)19-15(17)18;1-2/h5-7,10-11,15H,8-9H2,1-4H3;1-2H2. The van der Waals surface area contributed by atoms with Gasteiger partial charge < -0.3 is 4.74 Å². The Morgan fingerprint density at radius 3 is 2.14 bits per heavy atom. The molecule has 0 atom stereocenters. The number of rotatable bonds is 4. The molecule has 0 fully saturated rings. The van der Waals surface area contributed by atoms with Gasteiger partial charge in [-0.2, -0.15) is 8.78 Å². The van der Waals surface area contributed by atoms with Crippen LogP contribution in [0.3, 0.4) is 0 Å². The third-order valence-corrected chi connectivity index (χ3v) is 4.66. The molecule has 0 spiro atoms. The van der Waals surface area contributed by atoms with Crippen LogP contribution in [0.2, 0.25) is 0 Å². The van der Waals surface area contributed by atoms with Crippen LogP contribution in [0.15, 0.2) is 31.4 Å². The Bertz CT molecular complexity index is 458. The van der Waals surface area contributed by atoms with E-state index in [1.54, 1.807) is 6.07 Å². The highest BCUT2D eigenvalue weighted by Gasteiger charge is 2.46. The van der Waals surface area contributed by atoms with Gasteiger partial charge in [0.2, 0.25) is 0 Å². The molecule has 0 heterocycles. The molecule has 0 aliphatic heterocycles. The number of halogens is 2. The van der Waals surface area contributed by atoms with Gasteiger partial charge in [0.15, 0.2) is 0 Å². The molecule has 0 bridgehead atoms. The second kappa shape index (κ2) is 7.06. The van der Waals surface area contributed by atoms with Gasteiger partial charge in [-0.3, -0.25) is 0 Å². The Kier molecular flexibility index (Phi) is 5.94. The summed E-state index contributed by atoms with van der Waals surface area (Å²) in [5.74, 6) is 1.17. The Balaban J connectivity index is 0.00000106. The van der Waals surface area contributed by atoms with Crippen LogP contribution >= 0.6 is 0 Å². The third kappa shape index (κ3) is 3.12. The van der Waals surface area contributed by atoms with Crippen LogP contribution in [0, 0.1) is 11.8 Å². The van der Waals surface area contributed by atoms with Gasteiger partial charge in [-0.1, -0.05) is 39.8 Å². The first-order valence-electron chi connectivity index (χ1n) is 7.46. The number of benzene rings is 1. The normalized spacial score (nSPS) is 15.9. The Labute approximate surface area is 127 Å². The molecule has 0 saturated heterocycles. The first kappa shape index (κ1) is 17.7. The van der Waals surface area contributed by atoms with E-state index in [4.69, 9.17) is 4.74 Å². The molecule has 21 heavy (non-hydrogen) atoms. The zero-order valence-corrected chi connectivity index (χ0v) is 13.5. The predicted molar refractivity (Wildman–Crippen MR) is 84.0 cm³/mol. The minimum Gasteiger partial charge on any atom is -0.435 e. The monoisotopic (exact) mass is 296 g/mol. The summed E-state index contributed by atoms with van der Waals surface area (Å²) < 4.78 is 30.0. The minimum atomic E-state index is -2.76. The number of hydrogen-bond acceptors (Lipinski definition) is 1. The van der Waals surface area contributed by atoms with Crippen LogP contribution in [0.5, 0.6) is 5.75 Å². The summed E-state index contributed by atoms with van der Waals surface area (Å²) in [7, 11) is 0. The topological polar surface area (TPSA) is 9.23 Å². The maximum absolute atomic E-state index is 12.6. The van der Waals surface area contributed by atoms with Crippen LogP contribution in [-0.4, -0.2) is 6.61 Å². The van der Waals surface area contributed by atoms with Crippen molar-refractivity contribution in [2.45, 2.75) is 52.6 Å². The molecule has 0 amide bonds. The Morgan fingerprint density at radius 2 is 1.67 bits per heavy atom. The molecule has 118 valence electrons. The predicted octanol–water partition coefficient (Wildman–Crippen LogP) is 5.59. The zero-order valence-electron chi connectivity index (χ0n) is 13.5. The van der Waals surface area contributed by atoms with E-state index in [0.29, 0.717) is 17.6 Å². The molecule has 3 heteroatoms. The van der Waals surface area contributed by atoms with Crippen molar-refractivity contribution in [3.05, 3.63) is 42.5 Å². The van der Waals surface area contributed by atoms with Gasteiger partial charge in [-0.25, -0.2) is 0 Å². The lowest BCUT2D eigenvalue weighted by atomic mass is 9.65. The number of ether oxygens (including phenoxy) is 1. The van der Waals surface area contributed by atoms with Crippen molar-refractivity contribution in [1.82, 2.24) is 0 Å². The van der Waals surface area contributed by atoms with Gasteiger partial charge in [0, 0.05) is 11.0 Å². The summed E-state index contributed by atoms with van der Waals surface area (Å²) in [6.45, 7) is 11.9. The van der Waals surface area contributed by atoms with E-state index in [9.17, 15) is 8.78 Å². The molecule has 0 N–H and O–H groups in total. The van der Waals surface area contributed by atoms with Gasteiger partial charge in [0.25, 0.3) is 0 Å². The summed E-state index contributed by atoms with van der Waals surface area (Å²) in [6.07, 6.45) is 1.97. The highest BCUT2D eigenvalue weighted by atomic mass is 19.3. The fourth-order valence-corrected chi connectivity index (χ4v) is 3.80. The molecular formula is C18H26F2O. The number of hydrogen-bond donors (Lipinski definition) is 0. The lowest BCUT2D eigenvalue weighted by molar-refractivity contribution is -0.0515. The molecule has 0 saturated carbocycles. The van der Waals surface area contributed by atoms with Gasteiger partial charge in [-0.05, 0) is 36.3 Å². The maximum atomic E-state index is 12.6. The van der Waals surface area contributed by atoms with Crippen molar-refractivity contribution in [2.24, 2.45) is 11.8 Å². The molecule has 1 nitrogen and oxygen atoms in total. The molecule has 1 aromatic carbocycles. The Hall–Kier alpha value is -1.38. The van der Waals surface area contributed by atoms with Crippen LogP contribution in [-0.2, 0) is 11.8 Å². The van der Waals surface area contributed by atoms with Crippen molar-refractivity contribution in [2.75, 3.05) is 0 Å². The van der Waals surface area contributed by atoms with Crippen molar-refractivity contribution >= 4 is 0 Å². The molecule has 0 aromatic heterocycles. The lowest BCUT2D eigenvalue weighted by Gasteiger charge is -2.39. The second-order valence-corrected chi connectivity index (χ2v) is 6.02. The van der Waals surface area contributed by atoms with Crippen LogP contribution in [0.25, 0.3) is 0 Å². The van der Waals surface area contributed by atoms with E-state index in [-0.39, 0.29) is 5.41 Å². The maximum Gasteiger partial charge on any atom is 0.387 e. The van der Waals surface area contributed by atoms with Crippen LogP contribution < -0.4 is 4.74 Å². The van der Waals surface area contributed by atoms with Gasteiger partial charge in [-0.15, -0.1) is 13.2 Å². The first-order chi connectivity index (χ1) is 9.89. The second-order valence-electron chi connectivity index (χ2n) is 6.02. The number of fused-ring (bicyclic) bond motifs is 1. The summed E-state index contributed by atoms with van der Waals surface area (Å²) >= 11 is 0. The van der Waals surface area contributed by atoms with E-state index in [1.807, 2.05) is 12.1 Å². The summed E-state index contributed by atoms with van der Waals surface area (Å²) in [4.78, 5) is 0. The van der Waals surface area contributed by atoms with Gasteiger partial charge >= 0.3 is 6.61 Å². The fourth-order valence-electron chi connectivity index (χ4n) is 3.80. The summed E-state index contributed by atoms with van der Waals surface area (Å²) in [5.41, 5.74) is 2.13. The lowest BCUT2D eigenvalue weighted by Crippen LogP contribution is -2.36. The summed E-state index contributed by atoms with van der Waals surface area (Å²) in [5, 5.41) is 0. The van der Waals surface area contributed by atoms with Gasteiger partial charge in [0.05, 0.1) is 0 Å². The van der Waals surface area contributed by atoms with E-state index in [2.05, 4.69) is 40.9 Å². The molecule has 1 aromatic rings. The van der Waals surface area contributed by atoms with Crippen LogP contribution in [0.4, 0.5) is 8.78 Å². The van der Waals surface area contributed by atoms with E-state index in [1.165, 1.54) is 5.56 Å². The molecule has 0 radical (unpaired) electrons. The third-order valence-electron chi connectivity index (χ3n) is 4.66. The zero-order chi connectivity index (χ0) is 16.2. The average molecular weight is 296 g/mol. The largest absolute Gasteiger partial charge is 0.435 e.